The summed E-state index contributed by atoms with van der Waals surface area (Å²) < 4.78 is 0. The monoisotopic (exact) mass is 267 g/mol. The Balaban J connectivity index is 1.81. The molecule has 1 atom stereocenters. The van der Waals surface area contributed by atoms with E-state index in [1.165, 1.54) is 32.1 Å². The van der Waals surface area contributed by atoms with E-state index < -0.39 is 0 Å². The Morgan fingerprint density at radius 2 is 1.75 bits per heavy atom. The first-order valence-electron chi connectivity index (χ1n) is 7.59. The zero-order chi connectivity index (χ0) is 13.8. The van der Waals surface area contributed by atoms with E-state index in [1.807, 2.05) is 47.5 Å². The van der Waals surface area contributed by atoms with E-state index in [0.29, 0.717) is 5.92 Å². The van der Waals surface area contributed by atoms with E-state index in [4.69, 9.17) is 0 Å². The van der Waals surface area contributed by atoms with Gasteiger partial charge in [0.2, 0.25) is 0 Å². The molecule has 1 heterocycles. The van der Waals surface area contributed by atoms with Gasteiger partial charge in [0.25, 0.3) is 5.91 Å². The Labute approximate surface area is 120 Å². The average Bonchev–Trinajstić information content (AvgIpc) is 2.56. The number of hydrogen-bond donors (Lipinski definition) is 0. The Morgan fingerprint density at radius 3 is 2.50 bits per heavy atom. The van der Waals surface area contributed by atoms with Crippen LogP contribution in [0.25, 0.3) is 0 Å². The van der Waals surface area contributed by atoms with Crippen molar-refractivity contribution in [1.82, 2.24) is 4.90 Å². The fraction of sp³-hybridized carbons (Fsp3) is 0.389. The molecule has 0 N–H and O–H groups in total. The largest absolute Gasteiger partial charge is 0.308 e. The molecular weight excluding hydrogens is 246 g/mol. The third-order valence-corrected chi connectivity index (χ3v) is 4.38. The van der Waals surface area contributed by atoms with Crippen molar-refractivity contribution in [3.05, 3.63) is 60.3 Å². The molecule has 2 nitrogen and oxygen atoms in total. The molecule has 0 aromatic heterocycles. The molecule has 1 fully saturated rings. The highest BCUT2D eigenvalue weighted by molar-refractivity contribution is 5.95. The molecule has 1 aromatic carbocycles. The van der Waals surface area contributed by atoms with Gasteiger partial charge in [-0.2, -0.15) is 0 Å². The lowest BCUT2D eigenvalue weighted by molar-refractivity contribution is 0.0735. The van der Waals surface area contributed by atoms with Crippen LogP contribution in [0.2, 0.25) is 0 Å². The second-order valence-electron chi connectivity index (χ2n) is 5.69. The summed E-state index contributed by atoms with van der Waals surface area (Å²) in [6, 6.07) is 9.81. The molecule has 1 saturated carbocycles. The van der Waals surface area contributed by atoms with Crippen molar-refractivity contribution in [3.8, 4) is 0 Å². The number of carbonyl (C=O) groups excluding carboxylic acids is 1. The van der Waals surface area contributed by atoms with Gasteiger partial charge in [0, 0.05) is 11.8 Å². The van der Waals surface area contributed by atoms with Crippen molar-refractivity contribution in [2.24, 2.45) is 5.92 Å². The fourth-order valence-corrected chi connectivity index (χ4v) is 3.31. The van der Waals surface area contributed by atoms with Crippen LogP contribution in [-0.2, 0) is 0 Å². The summed E-state index contributed by atoms with van der Waals surface area (Å²) in [7, 11) is 0. The number of allylic oxidation sites excluding steroid dienone is 2. The van der Waals surface area contributed by atoms with Gasteiger partial charge in [0.05, 0.1) is 6.04 Å². The van der Waals surface area contributed by atoms with Crippen LogP contribution in [0.1, 0.15) is 42.5 Å². The quantitative estimate of drug-likeness (QED) is 0.788. The Hall–Kier alpha value is -1.83. The molecule has 104 valence electrons. The smallest absolute Gasteiger partial charge is 0.258 e. The summed E-state index contributed by atoms with van der Waals surface area (Å²) in [6.45, 7) is 0. The van der Waals surface area contributed by atoms with Crippen LogP contribution in [0.5, 0.6) is 0 Å². The number of carbonyl (C=O) groups is 1. The summed E-state index contributed by atoms with van der Waals surface area (Å²) in [5.41, 5.74) is 0.772. The summed E-state index contributed by atoms with van der Waals surface area (Å²) >= 11 is 0. The number of hydrogen-bond acceptors (Lipinski definition) is 1. The number of nitrogens with zero attached hydrogens (tertiary/aromatic N) is 1. The van der Waals surface area contributed by atoms with Gasteiger partial charge in [-0.1, -0.05) is 49.6 Å². The minimum atomic E-state index is 0.113. The summed E-state index contributed by atoms with van der Waals surface area (Å²) in [4.78, 5) is 14.6. The van der Waals surface area contributed by atoms with Crippen LogP contribution >= 0.6 is 0 Å². The van der Waals surface area contributed by atoms with Crippen molar-refractivity contribution in [3.63, 3.8) is 0 Å². The maximum atomic E-state index is 12.7. The molecule has 1 amide bonds. The number of benzene rings is 1. The van der Waals surface area contributed by atoms with Crippen molar-refractivity contribution in [2.45, 2.75) is 38.1 Å². The predicted molar refractivity (Wildman–Crippen MR) is 81.3 cm³/mol. The maximum Gasteiger partial charge on any atom is 0.258 e. The Morgan fingerprint density at radius 1 is 1.00 bits per heavy atom. The van der Waals surface area contributed by atoms with Crippen LogP contribution in [0, 0.1) is 5.92 Å². The van der Waals surface area contributed by atoms with Crippen LogP contribution in [0.4, 0.5) is 0 Å². The zero-order valence-electron chi connectivity index (χ0n) is 11.7. The molecular formula is C18H21NO. The van der Waals surface area contributed by atoms with Crippen molar-refractivity contribution in [1.29, 1.82) is 0 Å². The number of rotatable bonds is 2. The van der Waals surface area contributed by atoms with E-state index in [9.17, 15) is 4.79 Å². The van der Waals surface area contributed by atoms with Gasteiger partial charge >= 0.3 is 0 Å². The molecule has 2 heteroatoms. The molecule has 1 aliphatic heterocycles. The molecule has 1 aliphatic carbocycles. The van der Waals surface area contributed by atoms with Gasteiger partial charge < -0.3 is 4.90 Å². The molecule has 0 saturated heterocycles. The normalized spacial score (nSPS) is 23.0. The van der Waals surface area contributed by atoms with E-state index in [0.717, 1.165) is 5.56 Å². The lowest BCUT2D eigenvalue weighted by Gasteiger charge is -2.36. The van der Waals surface area contributed by atoms with Gasteiger partial charge in [-0.05, 0) is 37.0 Å². The van der Waals surface area contributed by atoms with Crippen molar-refractivity contribution < 1.29 is 4.79 Å². The molecule has 0 spiro atoms. The lowest BCUT2D eigenvalue weighted by atomic mass is 9.82. The molecule has 2 aliphatic rings. The van der Waals surface area contributed by atoms with Gasteiger partial charge in [-0.25, -0.2) is 0 Å². The van der Waals surface area contributed by atoms with Crippen LogP contribution in [-0.4, -0.2) is 16.8 Å². The fourth-order valence-electron chi connectivity index (χ4n) is 3.31. The average molecular weight is 267 g/mol. The Kier molecular flexibility index (Phi) is 4.00. The SMILES string of the molecule is O=C(c1ccccc1)N1C=CC=CC1C1CCCCC1. The highest BCUT2D eigenvalue weighted by Crippen LogP contribution is 2.31. The number of amides is 1. The van der Waals surface area contributed by atoms with E-state index in [2.05, 4.69) is 12.2 Å². The summed E-state index contributed by atoms with van der Waals surface area (Å²) in [5, 5.41) is 0. The van der Waals surface area contributed by atoms with Crippen molar-refractivity contribution >= 4 is 5.91 Å². The topological polar surface area (TPSA) is 20.3 Å². The maximum absolute atomic E-state index is 12.7. The predicted octanol–water partition coefficient (Wildman–Crippen LogP) is 4.16. The summed E-state index contributed by atoms with van der Waals surface area (Å²) in [5.74, 6) is 0.722. The molecule has 3 rings (SSSR count). The van der Waals surface area contributed by atoms with E-state index >= 15 is 0 Å². The minimum absolute atomic E-state index is 0.113. The summed E-state index contributed by atoms with van der Waals surface area (Å²) in [6.07, 6.45) is 14.6. The van der Waals surface area contributed by atoms with Crippen LogP contribution in [0.3, 0.4) is 0 Å². The second kappa shape index (κ2) is 6.08. The first-order chi connectivity index (χ1) is 9.86. The second-order valence-corrected chi connectivity index (χ2v) is 5.69. The van der Waals surface area contributed by atoms with Gasteiger partial charge in [0.1, 0.15) is 0 Å². The molecule has 0 radical (unpaired) electrons. The van der Waals surface area contributed by atoms with E-state index in [-0.39, 0.29) is 11.9 Å². The van der Waals surface area contributed by atoms with Gasteiger partial charge in [-0.3, -0.25) is 4.79 Å². The van der Waals surface area contributed by atoms with Gasteiger partial charge in [0.15, 0.2) is 0 Å². The standard InChI is InChI=1S/C18H21NO/c20-18(16-11-5-2-6-12-16)19-14-8-7-13-17(19)15-9-3-1-4-10-15/h2,5-8,11-15,17H,1,3-4,9-10H2. The first kappa shape index (κ1) is 13.2. The highest BCUT2D eigenvalue weighted by Gasteiger charge is 2.30. The molecule has 1 aromatic rings. The van der Waals surface area contributed by atoms with E-state index in [1.54, 1.807) is 0 Å². The lowest BCUT2D eigenvalue weighted by Crippen LogP contribution is -2.41. The van der Waals surface area contributed by atoms with Crippen LogP contribution < -0.4 is 0 Å². The van der Waals surface area contributed by atoms with Gasteiger partial charge in [-0.15, -0.1) is 0 Å². The first-order valence-corrected chi connectivity index (χ1v) is 7.59. The van der Waals surface area contributed by atoms with Crippen molar-refractivity contribution in [2.75, 3.05) is 0 Å². The van der Waals surface area contributed by atoms with Crippen LogP contribution in [0.15, 0.2) is 54.8 Å². The highest BCUT2D eigenvalue weighted by atomic mass is 16.2. The Bertz CT molecular complexity index is 511. The third kappa shape index (κ3) is 2.69. The molecule has 20 heavy (non-hydrogen) atoms. The minimum Gasteiger partial charge on any atom is -0.308 e. The molecule has 1 unspecified atom stereocenters. The zero-order valence-corrected chi connectivity index (χ0v) is 11.7. The molecule has 0 bridgehead atoms. The third-order valence-electron chi connectivity index (χ3n) is 4.38.